The second kappa shape index (κ2) is 7.61. The van der Waals surface area contributed by atoms with Crippen LogP contribution in [0.2, 0.25) is 0 Å². The molecule has 4 heteroatoms. The van der Waals surface area contributed by atoms with Crippen LogP contribution in [0.3, 0.4) is 0 Å². The van der Waals surface area contributed by atoms with E-state index in [0.29, 0.717) is 11.1 Å². The minimum absolute atomic E-state index is 0.0512. The lowest BCUT2D eigenvalue weighted by atomic mass is 10.1. The lowest BCUT2D eigenvalue weighted by molar-refractivity contribution is 0.0600. The smallest absolute Gasteiger partial charge is 0.337 e. The third kappa shape index (κ3) is 4.09. The predicted octanol–water partition coefficient (Wildman–Crippen LogP) is 4.09. The molecule has 0 saturated carbocycles. The van der Waals surface area contributed by atoms with Gasteiger partial charge in [0.1, 0.15) is 0 Å². The number of carbonyl (C=O) groups excluding carboxylic acids is 2. The molecule has 0 unspecified atom stereocenters. The summed E-state index contributed by atoms with van der Waals surface area (Å²) in [5.41, 5.74) is 1.99. The predicted molar refractivity (Wildman–Crippen MR) is 89.4 cm³/mol. The summed E-state index contributed by atoms with van der Waals surface area (Å²) in [5, 5.41) is 0. The molecule has 0 atom stereocenters. The fourth-order valence-corrected chi connectivity index (χ4v) is 2.28. The molecule has 0 heterocycles. The molecule has 2 aromatic rings. The summed E-state index contributed by atoms with van der Waals surface area (Å²) in [6, 6.07) is 14.4. The SMILES string of the molecule is COC(=O)c1ccc(/C=C/C(=O)c2ccc(SC)cc2)cc1. The van der Waals surface area contributed by atoms with Crippen LogP contribution >= 0.6 is 11.8 Å². The molecule has 2 aromatic carbocycles. The zero-order chi connectivity index (χ0) is 15.9. The molecule has 0 aliphatic heterocycles. The Labute approximate surface area is 134 Å². The molecule has 0 N–H and O–H groups in total. The minimum Gasteiger partial charge on any atom is -0.465 e. The molecule has 0 saturated heterocycles. The van der Waals surface area contributed by atoms with E-state index in [1.807, 2.05) is 30.5 Å². The van der Waals surface area contributed by atoms with Crippen LogP contribution in [-0.2, 0) is 4.74 Å². The first-order chi connectivity index (χ1) is 10.6. The Kier molecular flexibility index (Phi) is 5.55. The zero-order valence-corrected chi connectivity index (χ0v) is 13.2. The van der Waals surface area contributed by atoms with Crippen molar-refractivity contribution in [3.63, 3.8) is 0 Å². The monoisotopic (exact) mass is 312 g/mol. The lowest BCUT2D eigenvalue weighted by Crippen LogP contribution is -2.00. The molecule has 2 rings (SSSR count). The van der Waals surface area contributed by atoms with Crippen LogP contribution < -0.4 is 0 Å². The van der Waals surface area contributed by atoms with Crippen molar-refractivity contribution in [2.45, 2.75) is 4.90 Å². The van der Waals surface area contributed by atoms with Gasteiger partial charge in [-0.2, -0.15) is 0 Å². The highest BCUT2D eigenvalue weighted by atomic mass is 32.2. The van der Waals surface area contributed by atoms with E-state index in [4.69, 9.17) is 0 Å². The number of methoxy groups -OCH3 is 1. The van der Waals surface area contributed by atoms with E-state index < -0.39 is 0 Å². The number of thioether (sulfide) groups is 1. The fraction of sp³-hybridized carbons (Fsp3) is 0.111. The number of rotatable bonds is 5. The van der Waals surface area contributed by atoms with Crippen molar-refractivity contribution in [2.24, 2.45) is 0 Å². The first kappa shape index (κ1) is 16.0. The van der Waals surface area contributed by atoms with Crippen molar-refractivity contribution in [1.82, 2.24) is 0 Å². The molecule has 22 heavy (non-hydrogen) atoms. The van der Waals surface area contributed by atoms with E-state index in [-0.39, 0.29) is 11.8 Å². The van der Waals surface area contributed by atoms with Crippen LogP contribution in [0.4, 0.5) is 0 Å². The number of benzene rings is 2. The summed E-state index contributed by atoms with van der Waals surface area (Å²) >= 11 is 1.64. The fourth-order valence-electron chi connectivity index (χ4n) is 1.87. The molecule has 0 spiro atoms. The van der Waals surface area contributed by atoms with Gasteiger partial charge in [0, 0.05) is 10.5 Å². The zero-order valence-electron chi connectivity index (χ0n) is 12.4. The largest absolute Gasteiger partial charge is 0.465 e. The molecular formula is C18H16O3S. The van der Waals surface area contributed by atoms with Crippen molar-refractivity contribution >= 4 is 29.6 Å². The van der Waals surface area contributed by atoms with Crippen molar-refractivity contribution in [3.05, 3.63) is 71.3 Å². The number of allylic oxidation sites excluding steroid dienone is 1. The second-order valence-electron chi connectivity index (χ2n) is 4.54. The molecule has 0 aliphatic rings. The molecule has 0 aromatic heterocycles. The number of hydrogen-bond acceptors (Lipinski definition) is 4. The molecular weight excluding hydrogens is 296 g/mol. The lowest BCUT2D eigenvalue weighted by Gasteiger charge is -2.00. The number of carbonyl (C=O) groups is 2. The normalized spacial score (nSPS) is 10.6. The number of ether oxygens (including phenoxy) is 1. The number of esters is 1. The summed E-state index contributed by atoms with van der Waals surface area (Å²) in [4.78, 5) is 24.5. The third-order valence-electron chi connectivity index (χ3n) is 3.13. The average molecular weight is 312 g/mol. The molecule has 112 valence electrons. The van der Waals surface area contributed by atoms with Gasteiger partial charge >= 0.3 is 5.97 Å². The van der Waals surface area contributed by atoms with E-state index in [0.717, 1.165) is 10.5 Å². The maximum Gasteiger partial charge on any atom is 0.337 e. The highest BCUT2D eigenvalue weighted by molar-refractivity contribution is 7.98. The van der Waals surface area contributed by atoms with Crippen molar-refractivity contribution in [1.29, 1.82) is 0 Å². The standard InChI is InChI=1S/C18H16O3S/c1-21-18(20)15-6-3-13(4-7-15)5-12-17(19)14-8-10-16(22-2)11-9-14/h3-12H,1-2H3/b12-5+. The van der Waals surface area contributed by atoms with Crippen molar-refractivity contribution < 1.29 is 14.3 Å². The number of ketones is 1. The summed E-state index contributed by atoms with van der Waals surface area (Å²) < 4.78 is 4.64. The Morgan fingerprint density at radius 2 is 1.55 bits per heavy atom. The van der Waals surface area contributed by atoms with E-state index in [2.05, 4.69) is 4.74 Å². The minimum atomic E-state index is -0.375. The quantitative estimate of drug-likeness (QED) is 0.361. The van der Waals surface area contributed by atoms with E-state index >= 15 is 0 Å². The van der Waals surface area contributed by atoms with Gasteiger partial charge in [-0.25, -0.2) is 4.79 Å². The average Bonchev–Trinajstić information content (AvgIpc) is 2.59. The topological polar surface area (TPSA) is 43.4 Å². The van der Waals surface area contributed by atoms with Gasteiger partial charge in [0.05, 0.1) is 12.7 Å². The van der Waals surface area contributed by atoms with Crippen molar-refractivity contribution in [2.75, 3.05) is 13.4 Å². The van der Waals surface area contributed by atoms with Gasteiger partial charge in [-0.3, -0.25) is 4.79 Å². The second-order valence-corrected chi connectivity index (χ2v) is 5.42. The van der Waals surface area contributed by atoms with Gasteiger partial charge in [0.15, 0.2) is 5.78 Å². The first-order valence-corrected chi connectivity index (χ1v) is 7.91. The summed E-state index contributed by atoms with van der Waals surface area (Å²) in [5.74, 6) is -0.426. The van der Waals surface area contributed by atoms with Gasteiger partial charge in [0.25, 0.3) is 0 Å². The summed E-state index contributed by atoms with van der Waals surface area (Å²) in [6.07, 6.45) is 5.25. The van der Waals surface area contributed by atoms with Crippen LogP contribution in [-0.4, -0.2) is 25.1 Å². The van der Waals surface area contributed by atoms with Gasteiger partial charge in [-0.1, -0.05) is 18.2 Å². The maximum absolute atomic E-state index is 12.1. The first-order valence-electron chi connectivity index (χ1n) is 6.69. The maximum atomic E-state index is 12.1. The van der Waals surface area contributed by atoms with Gasteiger partial charge in [0.2, 0.25) is 0 Å². The van der Waals surface area contributed by atoms with Crippen LogP contribution in [0.15, 0.2) is 59.5 Å². The van der Waals surface area contributed by atoms with Crippen LogP contribution in [0, 0.1) is 0 Å². The Morgan fingerprint density at radius 3 is 2.09 bits per heavy atom. The summed E-state index contributed by atoms with van der Waals surface area (Å²) in [7, 11) is 1.34. The molecule has 0 aliphatic carbocycles. The Hall–Kier alpha value is -2.33. The molecule has 0 bridgehead atoms. The Morgan fingerprint density at radius 1 is 0.955 bits per heavy atom. The number of hydrogen-bond donors (Lipinski definition) is 0. The van der Waals surface area contributed by atoms with Crippen molar-refractivity contribution in [3.8, 4) is 0 Å². The highest BCUT2D eigenvalue weighted by Crippen LogP contribution is 2.15. The van der Waals surface area contributed by atoms with Gasteiger partial charge in [-0.15, -0.1) is 11.8 Å². The molecule has 0 radical (unpaired) electrons. The molecule has 0 fully saturated rings. The molecule has 0 amide bonds. The Balaban J connectivity index is 2.07. The van der Waals surface area contributed by atoms with E-state index in [9.17, 15) is 9.59 Å². The highest BCUT2D eigenvalue weighted by Gasteiger charge is 2.04. The Bertz CT molecular complexity index is 685. The van der Waals surface area contributed by atoms with Crippen LogP contribution in [0.25, 0.3) is 6.08 Å². The third-order valence-corrected chi connectivity index (χ3v) is 3.88. The van der Waals surface area contributed by atoms with Crippen LogP contribution in [0.1, 0.15) is 26.3 Å². The van der Waals surface area contributed by atoms with E-state index in [1.165, 1.54) is 13.2 Å². The van der Waals surface area contributed by atoms with Gasteiger partial charge in [-0.05, 0) is 54.3 Å². The van der Waals surface area contributed by atoms with Crippen LogP contribution in [0.5, 0.6) is 0 Å². The molecule has 3 nitrogen and oxygen atoms in total. The van der Waals surface area contributed by atoms with Gasteiger partial charge < -0.3 is 4.74 Å². The summed E-state index contributed by atoms with van der Waals surface area (Å²) in [6.45, 7) is 0. The van der Waals surface area contributed by atoms with E-state index in [1.54, 1.807) is 42.1 Å².